The second kappa shape index (κ2) is 11.9. The molecule has 0 atom stereocenters. The van der Waals surface area contributed by atoms with Gasteiger partial charge in [0.05, 0.1) is 0 Å². The molecule has 0 bridgehead atoms. The van der Waals surface area contributed by atoms with Crippen LogP contribution in [0, 0.1) is 0 Å². The first kappa shape index (κ1) is 21.4. The molecule has 1 aliphatic heterocycles. The predicted molar refractivity (Wildman–Crippen MR) is 62.1 cm³/mol. The molecule has 1 radical (unpaired) electrons. The van der Waals surface area contributed by atoms with Gasteiger partial charge in [-0.15, -0.1) is 5.06 Å². The fourth-order valence-corrected chi connectivity index (χ4v) is 1.03. The molecule has 1 aliphatic rings. The van der Waals surface area contributed by atoms with Gasteiger partial charge in [-0.1, -0.05) is 6.54 Å². The zero-order chi connectivity index (χ0) is 14.8. The second-order valence-electron chi connectivity index (χ2n) is 3.31. The number of hydrogen-bond acceptors (Lipinski definition) is 6. The summed E-state index contributed by atoms with van der Waals surface area (Å²) < 4.78 is 0. The molecule has 0 aromatic carbocycles. The maximum Gasteiger partial charge on any atom is 0.352 e. The van der Waals surface area contributed by atoms with Crippen molar-refractivity contribution in [2.24, 2.45) is 0 Å². The summed E-state index contributed by atoms with van der Waals surface area (Å²) in [7, 11) is 0. The zero-order valence-electron chi connectivity index (χ0n) is 11.0. The van der Waals surface area contributed by atoms with Gasteiger partial charge in [0, 0.05) is 52.2 Å². The number of amides is 3. The monoisotopic (exact) mass is 363 g/mol. The number of hydroxylamine groups is 2. The largest absolute Gasteiger partial charge is 0.670 e. The van der Waals surface area contributed by atoms with Gasteiger partial charge in [-0.2, -0.15) is 0 Å². The number of imide groups is 1. The first-order chi connectivity index (χ1) is 8.96. The Morgan fingerprint density at radius 1 is 1.35 bits per heavy atom. The van der Waals surface area contributed by atoms with E-state index in [0.717, 1.165) is 0 Å². The average Bonchev–Trinajstić information content (AvgIpc) is 2.68. The molecule has 1 fully saturated rings. The Morgan fingerprint density at radius 2 is 1.80 bits per heavy atom. The van der Waals surface area contributed by atoms with E-state index in [4.69, 9.17) is 10.8 Å². The summed E-state index contributed by atoms with van der Waals surface area (Å²) in [4.78, 5) is 48.2. The van der Waals surface area contributed by atoms with E-state index in [1.807, 2.05) is 0 Å². The molecule has 0 aliphatic carbocycles. The second-order valence-corrected chi connectivity index (χ2v) is 3.31. The molecule has 111 valence electrons. The van der Waals surface area contributed by atoms with E-state index in [1.165, 1.54) is 0 Å². The molecule has 3 N–H and O–H groups in total. The van der Waals surface area contributed by atoms with Crippen LogP contribution in [0.5, 0.6) is 0 Å². The zero-order valence-corrected chi connectivity index (χ0v) is 13.9. The summed E-state index contributed by atoms with van der Waals surface area (Å²) in [6, 6.07) is 0. The molecule has 0 aromatic rings. The maximum atomic E-state index is 11.1. The standard InChI is InChI=1S/C8H10N3O5.C2H6O.Y/c9-3-5(12)10-4-8(15)16-11-6(13)1-2-7(11)14;1-2-3;/h9H,1-4H2,(H,10,12);3H,2H2,1H3;/q-1;;. The van der Waals surface area contributed by atoms with Crippen LogP contribution < -0.4 is 5.32 Å². The van der Waals surface area contributed by atoms with E-state index in [-0.39, 0.29) is 52.2 Å². The number of carbonyl (C=O) groups excluding carboxylic acids is 4. The molecule has 20 heavy (non-hydrogen) atoms. The fraction of sp³-hybridized carbons (Fsp3) is 0.600. The van der Waals surface area contributed by atoms with Crippen LogP contribution in [-0.4, -0.2) is 53.6 Å². The van der Waals surface area contributed by atoms with Crippen LogP contribution in [0.15, 0.2) is 0 Å². The number of hydrogen-bond donors (Lipinski definition) is 2. The fourth-order valence-electron chi connectivity index (χ4n) is 1.03. The predicted octanol–water partition coefficient (Wildman–Crippen LogP) is -1.24. The Balaban J connectivity index is 0. The average molecular weight is 363 g/mol. The minimum Gasteiger partial charge on any atom is -0.670 e. The van der Waals surface area contributed by atoms with Crippen LogP contribution in [0.4, 0.5) is 0 Å². The first-order valence-corrected chi connectivity index (χ1v) is 5.55. The van der Waals surface area contributed by atoms with Crippen molar-refractivity contribution in [3.63, 3.8) is 0 Å². The summed E-state index contributed by atoms with van der Waals surface area (Å²) in [5.74, 6) is -2.73. The third kappa shape index (κ3) is 8.31. The van der Waals surface area contributed by atoms with Crippen molar-refractivity contribution >= 4 is 23.7 Å². The van der Waals surface area contributed by atoms with Crippen LogP contribution in [0.1, 0.15) is 19.8 Å². The van der Waals surface area contributed by atoms with E-state index in [9.17, 15) is 19.2 Å². The molecular formula is C10H16N3O6Y-. The van der Waals surface area contributed by atoms with Gasteiger partial charge < -0.3 is 21.0 Å². The molecule has 1 saturated heterocycles. The minimum absolute atomic E-state index is 0. The normalized spacial score (nSPS) is 13.1. The van der Waals surface area contributed by atoms with Gasteiger partial charge in [0.2, 0.25) is 0 Å². The molecular weight excluding hydrogens is 347 g/mol. The topological polar surface area (TPSA) is 137 Å². The first-order valence-electron chi connectivity index (χ1n) is 5.55. The number of carbonyl (C=O) groups is 4. The summed E-state index contributed by atoms with van der Waals surface area (Å²) in [5, 5.41) is 10.1. The smallest absolute Gasteiger partial charge is 0.352 e. The van der Waals surface area contributed by atoms with Gasteiger partial charge in [0.15, 0.2) is 5.91 Å². The summed E-state index contributed by atoms with van der Waals surface area (Å²) in [5.41, 5.74) is 6.66. The molecule has 0 saturated carbocycles. The quantitative estimate of drug-likeness (QED) is 0.600. The number of aliphatic hydroxyl groups is 1. The van der Waals surface area contributed by atoms with Crippen LogP contribution in [0.2, 0.25) is 0 Å². The van der Waals surface area contributed by atoms with Crippen molar-refractivity contribution in [2.75, 3.05) is 19.7 Å². The Kier molecular flexibility index (Phi) is 12.7. The van der Waals surface area contributed by atoms with Gasteiger partial charge in [-0.05, 0) is 6.92 Å². The Hall–Kier alpha value is -0.896. The van der Waals surface area contributed by atoms with Crippen molar-refractivity contribution in [1.29, 1.82) is 0 Å². The Morgan fingerprint density at radius 3 is 2.20 bits per heavy atom. The maximum absolute atomic E-state index is 11.1. The van der Waals surface area contributed by atoms with Gasteiger partial charge in [-0.25, -0.2) is 4.79 Å². The molecule has 0 unspecified atom stereocenters. The van der Waals surface area contributed by atoms with Crippen LogP contribution in [-0.2, 0) is 56.7 Å². The van der Waals surface area contributed by atoms with Crippen molar-refractivity contribution in [1.82, 2.24) is 10.4 Å². The SMILES string of the molecule is CCO.[NH-]CC(=O)NCC(=O)ON1C(=O)CCC1=O.[Y]. The van der Waals surface area contributed by atoms with Crippen molar-refractivity contribution in [3.05, 3.63) is 5.73 Å². The molecule has 1 heterocycles. The van der Waals surface area contributed by atoms with Gasteiger partial charge in [0.1, 0.15) is 6.54 Å². The van der Waals surface area contributed by atoms with Crippen molar-refractivity contribution in [3.8, 4) is 0 Å². The third-order valence-corrected chi connectivity index (χ3v) is 1.79. The van der Waals surface area contributed by atoms with Gasteiger partial charge in [0.25, 0.3) is 11.8 Å². The van der Waals surface area contributed by atoms with Crippen LogP contribution in [0.25, 0.3) is 5.73 Å². The molecule has 3 amide bonds. The molecule has 0 spiro atoms. The van der Waals surface area contributed by atoms with E-state index in [1.54, 1.807) is 6.92 Å². The summed E-state index contributed by atoms with van der Waals surface area (Å²) >= 11 is 0. The van der Waals surface area contributed by atoms with Crippen LogP contribution in [0.3, 0.4) is 0 Å². The Bertz CT molecular complexity index is 347. The number of rotatable bonds is 4. The molecule has 10 heteroatoms. The van der Waals surface area contributed by atoms with E-state index >= 15 is 0 Å². The third-order valence-electron chi connectivity index (χ3n) is 1.79. The number of aliphatic hydroxyl groups excluding tert-OH is 1. The van der Waals surface area contributed by atoms with Crippen molar-refractivity contribution in [2.45, 2.75) is 19.8 Å². The minimum atomic E-state index is -0.926. The van der Waals surface area contributed by atoms with Crippen molar-refractivity contribution < 1.29 is 61.8 Å². The van der Waals surface area contributed by atoms with Gasteiger partial charge in [-0.3, -0.25) is 14.4 Å². The molecule has 9 nitrogen and oxygen atoms in total. The molecule has 0 aromatic heterocycles. The summed E-state index contributed by atoms with van der Waals surface area (Å²) in [6.45, 7) is 0.948. The van der Waals surface area contributed by atoms with E-state index < -0.39 is 36.8 Å². The number of nitrogens with zero attached hydrogens (tertiary/aromatic N) is 1. The Labute approximate surface area is 141 Å². The number of nitrogens with one attached hydrogen (secondary N) is 2. The van der Waals surface area contributed by atoms with Gasteiger partial charge >= 0.3 is 5.97 Å². The molecule has 1 rings (SSSR count). The van der Waals surface area contributed by atoms with E-state index in [2.05, 4.69) is 10.2 Å². The van der Waals surface area contributed by atoms with E-state index in [0.29, 0.717) is 5.06 Å². The van der Waals surface area contributed by atoms with Crippen LogP contribution >= 0.6 is 0 Å². The summed E-state index contributed by atoms with van der Waals surface area (Å²) in [6.07, 6.45) is 0.0381.